The molecule has 0 radical (unpaired) electrons. The van der Waals surface area contributed by atoms with E-state index in [9.17, 15) is 14.7 Å². The van der Waals surface area contributed by atoms with Crippen LogP contribution in [-0.4, -0.2) is 22.2 Å². The summed E-state index contributed by atoms with van der Waals surface area (Å²) >= 11 is 0. The first-order chi connectivity index (χ1) is 17.6. The van der Waals surface area contributed by atoms with Crippen LogP contribution < -0.4 is 0 Å². The van der Waals surface area contributed by atoms with Crippen molar-refractivity contribution in [3.05, 3.63) is 0 Å². The lowest BCUT2D eigenvalue weighted by Gasteiger charge is -2.36. The van der Waals surface area contributed by atoms with Crippen molar-refractivity contribution in [3.63, 3.8) is 0 Å². The molecule has 0 spiro atoms. The van der Waals surface area contributed by atoms with Crippen LogP contribution in [0.1, 0.15) is 176 Å². The van der Waals surface area contributed by atoms with Gasteiger partial charge in [0.1, 0.15) is 0 Å². The van der Waals surface area contributed by atoms with Gasteiger partial charge in [-0.2, -0.15) is 0 Å². The fourth-order valence-corrected chi connectivity index (χ4v) is 5.80. The van der Waals surface area contributed by atoms with Crippen LogP contribution in [0.15, 0.2) is 0 Å². The molecule has 2 N–H and O–H groups in total. The van der Waals surface area contributed by atoms with Gasteiger partial charge in [-0.1, -0.05) is 144 Å². The van der Waals surface area contributed by atoms with Crippen molar-refractivity contribution in [1.29, 1.82) is 0 Å². The molecule has 220 valence electrons. The van der Waals surface area contributed by atoms with Crippen LogP contribution in [0.2, 0.25) is 0 Å². The van der Waals surface area contributed by atoms with E-state index in [-0.39, 0.29) is 5.92 Å². The summed E-state index contributed by atoms with van der Waals surface area (Å²) in [6.45, 7) is 11.3. The third-order valence-electron chi connectivity index (χ3n) is 8.46. The third kappa shape index (κ3) is 19.6. The molecule has 0 aliphatic carbocycles. The summed E-state index contributed by atoms with van der Waals surface area (Å²) in [5.74, 6) is 0.473. The third-order valence-corrected chi connectivity index (χ3v) is 8.46. The zero-order chi connectivity index (χ0) is 27.9. The van der Waals surface area contributed by atoms with Crippen LogP contribution in [0.4, 0.5) is 0 Å². The Balaban J connectivity index is 4.45. The predicted molar refractivity (Wildman–Crippen MR) is 158 cm³/mol. The normalized spacial score (nSPS) is 12.9. The summed E-state index contributed by atoms with van der Waals surface area (Å²) in [4.78, 5) is 23.3. The molecule has 0 amide bonds. The molecule has 0 saturated heterocycles. The van der Waals surface area contributed by atoms with Crippen LogP contribution in [0.3, 0.4) is 0 Å². The molecule has 0 bridgehead atoms. The number of unbranched alkanes of at least 4 members (excludes halogenated alkanes) is 13. The molecule has 0 aromatic heterocycles. The molecule has 4 heteroatoms. The second-order valence-electron chi connectivity index (χ2n) is 12.8. The fourth-order valence-electron chi connectivity index (χ4n) is 5.80. The van der Waals surface area contributed by atoms with E-state index >= 15 is 0 Å². The lowest BCUT2D eigenvalue weighted by molar-refractivity contribution is -0.154. The first-order valence-corrected chi connectivity index (χ1v) is 16.1. The van der Waals surface area contributed by atoms with Gasteiger partial charge in [-0.3, -0.25) is 9.59 Å². The van der Waals surface area contributed by atoms with Crippen LogP contribution >= 0.6 is 0 Å². The molecule has 0 heterocycles. The monoisotopic (exact) mass is 524 g/mol. The van der Waals surface area contributed by atoms with E-state index < -0.39 is 17.4 Å². The van der Waals surface area contributed by atoms with Gasteiger partial charge in [-0.15, -0.1) is 0 Å². The topological polar surface area (TPSA) is 74.6 Å². The van der Waals surface area contributed by atoms with Crippen molar-refractivity contribution in [2.75, 3.05) is 0 Å². The zero-order valence-electron chi connectivity index (χ0n) is 25.5. The van der Waals surface area contributed by atoms with Gasteiger partial charge in [0.25, 0.3) is 0 Å². The molecule has 0 fully saturated rings. The summed E-state index contributed by atoms with van der Waals surface area (Å²) in [5, 5.41) is 19.1. The van der Waals surface area contributed by atoms with Crippen LogP contribution in [0.25, 0.3) is 0 Å². The Kier molecular flexibility index (Phi) is 22.2. The Morgan fingerprint density at radius 3 is 1.24 bits per heavy atom. The Morgan fingerprint density at radius 1 is 0.514 bits per heavy atom. The summed E-state index contributed by atoms with van der Waals surface area (Å²) in [7, 11) is 0. The Hall–Kier alpha value is -1.06. The number of carbonyl (C=O) groups is 2. The number of carboxylic acid groups (broad SMARTS) is 2. The predicted octanol–water partition coefficient (Wildman–Crippen LogP) is 10.7. The van der Waals surface area contributed by atoms with Crippen molar-refractivity contribution in [2.45, 2.75) is 176 Å². The van der Waals surface area contributed by atoms with Gasteiger partial charge in [-0.25, -0.2) is 0 Å². The van der Waals surface area contributed by atoms with E-state index in [1.165, 1.54) is 64.2 Å². The molecule has 0 aromatic carbocycles. The second kappa shape index (κ2) is 22.9. The Labute approximate surface area is 230 Å². The number of rotatable bonds is 27. The Morgan fingerprint density at radius 2 is 0.865 bits per heavy atom. The van der Waals surface area contributed by atoms with Gasteiger partial charge in [0.2, 0.25) is 0 Å². The smallest absolute Gasteiger partial charge is 0.309 e. The summed E-state index contributed by atoms with van der Waals surface area (Å²) in [6, 6.07) is 0. The highest BCUT2D eigenvalue weighted by molar-refractivity contribution is 5.75. The molecule has 1 atom stereocenters. The summed E-state index contributed by atoms with van der Waals surface area (Å²) < 4.78 is 0. The molecule has 4 nitrogen and oxygen atoms in total. The van der Waals surface area contributed by atoms with Crippen LogP contribution in [0.5, 0.6) is 0 Å². The van der Waals surface area contributed by atoms with E-state index in [0.717, 1.165) is 82.5 Å². The minimum atomic E-state index is -0.682. The molecule has 0 aliphatic rings. The van der Waals surface area contributed by atoms with Crippen molar-refractivity contribution in [1.82, 2.24) is 0 Å². The van der Waals surface area contributed by atoms with E-state index in [0.29, 0.717) is 6.42 Å². The average molecular weight is 525 g/mol. The molecule has 0 rings (SSSR count). The summed E-state index contributed by atoms with van der Waals surface area (Å²) in [6.07, 6.45) is 24.0. The molecule has 0 saturated carbocycles. The number of hydrogen-bond acceptors (Lipinski definition) is 2. The second-order valence-corrected chi connectivity index (χ2v) is 12.8. The van der Waals surface area contributed by atoms with E-state index in [1.54, 1.807) is 0 Å². The van der Waals surface area contributed by atoms with E-state index in [4.69, 9.17) is 5.11 Å². The highest BCUT2D eigenvalue weighted by atomic mass is 16.4. The maximum atomic E-state index is 12.7. The average Bonchev–Trinajstić information content (AvgIpc) is 2.82. The molecule has 1 unspecified atom stereocenters. The van der Waals surface area contributed by atoms with Gasteiger partial charge in [-0.05, 0) is 43.4 Å². The highest BCUT2D eigenvalue weighted by Crippen LogP contribution is 2.42. The highest BCUT2D eigenvalue weighted by Gasteiger charge is 2.42. The molecular weight excluding hydrogens is 460 g/mol. The van der Waals surface area contributed by atoms with Gasteiger partial charge >= 0.3 is 11.9 Å². The van der Waals surface area contributed by atoms with Crippen molar-refractivity contribution in [3.8, 4) is 0 Å². The zero-order valence-corrected chi connectivity index (χ0v) is 25.5. The quantitative estimate of drug-likeness (QED) is 0.105. The largest absolute Gasteiger partial charge is 0.481 e. The number of hydrogen-bond donors (Lipinski definition) is 2. The van der Waals surface area contributed by atoms with Gasteiger partial charge in [0.05, 0.1) is 5.41 Å². The molecular formula is C33H64O4. The van der Waals surface area contributed by atoms with Crippen LogP contribution in [-0.2, 0) is 9.59 Å². The lowest BCUT2D eigenvalue weighted by atomic mass is 9.67. The first kappa shape index (κ1) is 35.9. The number of aliphatic carboxylic acids is 2. The molecule has 0 aliphatic heterocycles. The van der Waals surface area contributed by atoms with E-state index in [2.05, 4.69) is 34.6 Å². The van der Waals surface area contributed by atoms with E-state index in [1.807, 2.05) is 0 Å². The number of carboxylic acids is 2. The van der Waals surface area contributed by atoms with Gasteiger partial charge in [0, 0.05) is 6.42 Å². The Bertz CT molecular complexity index is 537. The minimum absolute atomic E-state index is 0.242. The summed E-state index contributed by atoms with van der Waals surface area (Å²) in [5.41, 5.74) is -0.545. The molecule has 37 heavy (non-hydrogen) atoms. The van der Waals surface area contributed by atoms with Gasteiger partial charge < -0.3 is 10.2 Å². The maximum absolute atomic E-state index is 12.7. The SMILES string of the molecule is CC(C)CCCCCC(CCCCCC(C)C)(C(=O)O)C(C)CCCCCCCCCCCCC(=O)O. The van der Waals surface area contributed by atoms with Crippen LogP contribution in [0, 0.1) is 23.2 Å². The minimum Gasteiger partial charge on any atom is -0.481 e. The maximum Gasteiger partial charge on any atom is 0.309 e. The van der Waals surface area contributed by atoms with Crippen molar-refractivity contribution >= 4 is 11.9 Å². The lowest BCUT2D eigenvalue weighted by Crippen LogP contribution is -2.38. The first-order valence-electron chi connectivity index (χ1n) is 16.1. The molecule has 0 aromatic rings. The fraction of sp³-hybridized carbons (Fsp3) is 0.939. The standard InChI is InChI=1S/C33H64O4/c1-28(2)22-16-14-20-26-33(32(36)37,27-21-15-17-23-29(3)4)30(5)24-18-12-10-8-6-7-9-11-13-19-25-31(34)35/h28-30H,6-27H2,1-5H3,(H,34,35)(H,36,37). The van der Waals surface area contributed by atoms with Crippen molar-refractivity contribution in [2.24, 2.45) is 23.2 Å². The van der Waals surface area contributed by atoms with Gasteiger partial charge in [0.15, 0.2) is 0 Å². The van der Waals surface area contributed by atoms with Crippen molar-refractivity contribution < 1.29 is 19.8 Å².